The second-order valence-corrected chi connectivity index (χ2v) is 16.3. The van der Waals surface area contributed by atoms with E-state index in [0.717, 1.165) is 0 Å². The fourth-order valence-electron chi connectivity index (χ4n) is 5.40. The van der Waals surface area contributed by atoms with Gasteiger partial charge in [0.2, 0.25) is 0 Å². The van der Waals surface area contributed by atoms with Crippen molar-refractivity contribution in [1.82, 2.24) is 39.0 Å². The second kappa shape index (κ2) is 14.0. The third-order valence-corrected chi connectivity index (χ3v) is 11.3. The van der Waals surface area contributed by atoms with E-state index in [0.29, 0.717) is 33.7 Å². The van der Waals surface area contributed by atoms with Crippen molar-refractivity contribution in [2.24, 2.45) is 5.41 Å². The van der Waals surface area contributed by atoms with Gasteiger partial charge in [-0.3, -0.25) is 23.0 Å². The molecule has 4 aromatic heterocycles. The Morgan fingerprint density at radius 3 is 2.24 bits per heavy atom. The van der Waals surface area contributed by atoms with Gasteiger partial charge in [0, 0.05) is 24.9 Å². The molecule has 266 valence electrons. The number of aliphatic hydroxyl groups excluding tert-OH is 2. The molecule has 4 aromatic rings. The summed E-state index contributed by atoms with van der Waals surface area (Å²) in [5.74, 6) is -0.593. The topological polar surface area (TPSA) is 269 Å². The highest BCUT2D eigenvalue weighted by atomic mass is 32.7. The van der Waals surface area contributed by atoms with Crippen LogP contribution in [0.15, 0.2) is 25.3 Å². The fourth-order valence-corrected chi connectivity index (χ4v) is 8.20. The van der Waals surface area contributed by atoms with E-state index in [-0.39, 0.29) is 24.7 Å². The van der Waals surface area contributed by atoms with Gasteiger partial charge in [-0.2, -0.15) is 0 Å². The van der Waals surface area contributed by atoms with Crippen LogP contribution in [0.3, 0.4) is 0 Å². The standard InChI is InChI=1S/C27H37N10O10PS/c1-27(2,3)26(40)43-12-49-48(41,44-7-15-13(39)5-16(45-15)36-10-34-17-21(28)30-8-32-23(17)36)47-19-14(6-38)46-25(20(19)42-4)37-11-35-18-22(29)31-9-33-24(18)37/h8-11,13-16,19-20,25,38-39H,5-7,12H2,1-4H3,(H2,28,30,32)(H2,29,31,33)/t13-,14+,15+,16+,19+,20+,25+,48?/m0/s1. The van der Waals surface area contributed by atoms with Crippen LogP contribution in [0.5, 0.6) is 0 Å². The van der Waals surface area contributed by atoms with Crippen molar-refractivity contribution in [2.45, 2.75) is 70.2 Å². The summed E-state index contributed by atoms with van der Waals surface area (Å²) in [6, 6.07) is 0. The first kappa shape index (κ1) is 35.3. The molecule has 2 fully saturated rings. The predicted molar refractivity (Wildman–Crippen MR) is 172 cm³/mol. The minimum Gasteiger partial charge on any atom is -0.454 e. The third kappa shape index (κ3) is 7.08. The number of nitrogens with two attached hydrogens (primary N) is 2. The fraction of sp³-hybridized carbons (Fsp3) is 0.593. The number of imidazole rings is 2. The molecule has 8 atom stereocenters. The number of nitrogens with zero attached hydrogens (tertiary/aromatic N) is 8. The predicted octanol–water partition coefficient (Wildman–Crippen LogP) is 1.17. The number of aromatic nitrogens is 8. The van der Waals surface area contributed by atoms with Crippen LogP contribution in [0, 0.1) is 5.41 Å². The van der Waals surface area contributed by atoms with Gasteiger partial charge in [-0.05, 0) is 20.8 Å². The smallest absolute Gasteiger partial charge is 0.392 e. The normalized spacial score (nSPS) is 27.2. The number of fused-ring (bicyclic) bond motifs is 2. The van der Waals surface area contributed by atoms with Gasteiger partial charge in [-0.25, -0.2) is 34.5 Å². The number of carbonyl (C=O) groups is 1. The van der Waals surface area contributed by atoms with Crippen molar-refractivity contribution >= 4 is 58.1 Å². The highest BCUT2D eigenvalue weighted by molar-refractivity contribution is 8.55. The van der Waals surface area contributed by atoms with Gasteiger partial charge in [-0.15, -0.1) is 0 Å². The van der Waals surface area contributed by atoms with E-state index in [1.165, 1.54) is 32.4 Å². The van der Waals surface area contributed by atoms with Crippen LogP contribution in [0.2, 0.25) is 0 Å². The average Bonchev–Trinajstić information content (AvgIpc) is 3.84. The van der Waals surface area contributed by atoms with E-state index in [4.69, 9.17) is 39.5 Å². The molecule has 0 aliphatic carbocycles. The molecule has 0 bridgehead atoms. The van der Waals surface area contributed by atoms with Crippen LogP contribution in [-0.4, -0.2) is 112 Å². The molecule has 20 nitrogen and oxygen atoms in total. The number of aliphatic hydroxyl groups is 2. The van der Waals surface area contributed by atoms with Crippen molar-refractivity contribution in [3.8, 4) is 0 Å². The molecule has 49 heavy (non-hydrogen) atoms. The van der Waals surface area contributed by atoms with E-state index in [2.05, 4.69) is 29.9 Å². The first-order valence-electron chi connectivity index (χ1n) is 15.1. The van der Waals surface area contributed by atoms with Crippen LogP contribution in [0.25, 0.3) is 22.3 Å². The molecule has 1 unspecified atom stereocenters. The lowest BCUT2D eigenvalue weighted by Crippen LogP contribution is -2.37. The summed E-state index contributed by atoms with van der Waals surface area (Å²) in [5.41, 5.74) is 12.5. The van der Waals surface area contributed by atoms with Gasteiger partial charge >= 0.3 is 12.8 Å². The minimum atomic E-state index is -4.29. The maximum Gasteiger partial charge on any atom is 0.392 e. The summed E-state index contributed by atoms with van der Waals surface area (Å²) < 4.78 is 52.9. The summed E-state index contributed by atoms with van der Waals surface area (Å²) in [6.45, 7) is -0.202. The Bertz CT molecular complexity index is 1860. The molecule has 0 amide bonds. The van der Waals surface area contributed by atoms with Gasteiger partial charge in [-0.1, -0.05) is 0 Å². The molecule has 0 radical (unpaired) electrons. The maximum atomic E-state index is 14.5. The van der Waals surface area contributed by atoms with Crippen LogP contribution in [0.1, 0.15) is 39.6 Å². The summed E-state index contributed by atoms with van der Waals surface area (Å²) >= 11 is 0.606. The van der Waals surface area contributed by atoms with Gasteiger partial charge in [0.1, 0.15) is 60.3 Å². The van der Waals surface area contributed by atoms with Crippen molar-refractivity contribution in [3.05, 3.63) is 25.3 Å². The molecule has 2 aliphatic rings. The molecular weight excluding hydrogens is 687 g/mol. The number of methoxy groups -OCH3 is 1. The number of rotatable bonds is 12. The van der Waals surface area contributed by atoms with E-state index in [1.54, 1.807) is 29.9 Å². The average molecular weight is 725 g/mol. The zero-order chi connectivity index (χ0) is 35.1. The second-order valence-electron chi connectivity index (χ2n) is 12.3. The van der Waals surface area contributed by atoms with E-state index in [1.807, 2.05) is 0 Å². The number of nitrogen functional groups attached to an aromatic ring is 2. The first-order chi connectivity index (χ1) is 23.3. The Labute approximate surface area is 283 Å². The Morgan fingerprint density at radius 1 is 1.00 bits per heavy atom. The molecule has 6 heterocycles. The quantitative estimate of drug-likeness (QED) is 0.0907. The van der Waals surface area contributed by atoms with Gasteiger partial charge in [0.15, 0.2) is 29.2 Å². The Morgan fingerprint density at radius 2 is 1.63 bits per heavy atom. The molecule has 0 spiro atoms. The molecule has 0 saturated carbocycles. The lowest BCUT2D eigenvalue weighted by atomic mass is 9.98. The third-order valence-electron chi connectivity index (χ3n) is 7.96. The SMILES string of the molecule is CO[C@@H]1[C@H](OP(=O)(OC[C@H]2O[C@@H](n3cnc4c(N)ncnc43)C[C@@H]2O)SCOC(=O)C(C)(C)C)[C@@H](CO)O[C@H]1n1cnc2c(N)ncnc21. The van der Waals surface area contributed by atoms with Crippen LogP contribution < -0.4 is 11.5 Å². The molecule has 2 aliphatic heterocycles. The summed E-state index contributed by atoms with van der Waals surface area (Å²) in [6.07, 6.45) is -1.25. The van der Waals surface area contributed by atoms with E-state index < -0.39 is 73.7 Å². The summed E-state index contributed by atoms with van der Waals surface area (Å²) in [7, 11) is 1.39. The number of hydrogen-bond donors (Lipinski definition) is 4. The largest absolute Gasteiger partial charge is 0.454 e. The minimum absolute atomic E-state index is 0.133. The Kier molecular flexibility index (Phi) is 10.1. The van der Waals surface area contributed by atoms with Crippen molar-refractivity contribution < 1.29 is 47.6 Å². The van der Waals surface area contributed by atoms with Gasteiger partial charge in [0.05, 0.1) is 37.4 Å². The molecule has 22 heteroatoms. The molecular formula is C27H37N10O10PS. The van der Waals surface area contributed by atoms with Crippen LogP contribution >= 0.6 is 18.2 Å². The van der Waals surface area contributed by atoms with Crippen LogP contribution in [-0.2, 0) is 37.4 Å². The molecule has 6 rings (SSSR count). The zero-order valence-corrected chi connectivity index (χ0v) is 28.6. The number of anilines is 2. The lowest BCUT2D eigenvalue weighted by Gasteiger charge is -2.28. The number of hydrogen-bond acceptors (Lipinski definition) is 19. The monoisotopic (exact) mass is 724 g/mol. The Balaban J connectivity index is 1.22. The van der Waals surface area contributed by atoms with E-state index >= 15 is 0 Å². The number of carbonyl (C=O) groups excluding carboxylic acids is 1. The first-order valence-corrected chi connectivity index (χ1v) is 18.2. The highest BCUT2D eigenvalue weighted by Crippen LogP contribution is 2.63. The summed E-state index contributed by atoms with van der Waals surface area (Å²) in [5, 5.41) is 21.2. The zero-order valence-electron chi connectivity index (χ0n) is 26.9. The number of esters is 1. The maximum absolute atomic E-state index is 14.5. The van der Waals surface area contributed by atoms with Gasteiger partial charge < -0.3 is 40.6 Å². The van der Waals surface area contributed by atoms with E-state index in [9.17, 15) is 19.6 Å². The number of ether oxygens (including phenoxy) is 4. The Hall–Kier alpha value is -3.53. The van der Waals surface area contributed by atoms with Crippen molar-refractivity contribution in [2.75, 3.05) is 37.7 Å². The lowest BCUT2D eigenvalue weighted by molar-refractivity contribution is -0.150. The van der Waals surface area contributed by atoms with Crippen molar-refractivity contribution in [3.63, 3.8) is 0 Å². The molecule has 6 N–H and O–H groups in total. The summed E-state index contributed by atoms with van der Waals surface area (Å²) in [4.78, 5) is 37.4. The van der Waals surface area contributed by atoms with Gasteiger partial charge in [0.25, 0.3) is 0 Å². The molecule has 2 saturated heterocycles. The van der Waals surface area contributed by atoms with Crippen LogP contribution in [0.4, 0.5) is 11.6 Å². The highest BCUT2D eigenvalue weighted by Gasteiger charge is 2.51. The molecule has 0 aromatic carbocycles. The van der Waals surface area contributed by atoms with Crippen molar-refractivity contribution in [1.29, 1.82) is 0 Å².